The molecule has 0 aromatic heterocycles. The highest BCUT2D eigenvalue weighted by molar-refractivity contribution is 5.75. The first-order chi connectivity index (χ1) is 10.5. The fourth-order valence-corrected chi connectivity index (χ4v) is 5.05. The first kappa shape index (κ1) is 16.1. The summed E-state index contributed by atoms with van der Waals surface area (Å²) in [7, 11) is 2.13. The van der Waals surface area contributed by atoms with Crippen molar-refractivity contribution < 1.29 is 4.79 Å². The van der Waals surface area contributed by atoms with E-state index in [2.05, 4.69) is 31.1 Å². The van der Waals surface area contributed by atoms with Crippen molar-refractivity contribution in [2.24, 2.45) is 17.8 Å². The lowest BCUT2D eigenvalue weighted by Crippen LogP contribution is -2.60. The summed E-state index contributed by atoms with van der Waals surface area (Å²) in [5.74, 6) is 2.48. The van der Waals surface area contributed by atoms with Gasteiger partial charge in [-0.3, -0.25) is 0 Å². The van der Waals surface area contributed by atoms with Gasteiger partial charge in [-0.05, 0) is 56.9 Å². The van der Waals surface area contributed by atoms with E-state index in [9.17, 15) is 4.79 Å². The van der Waals surface area contributed by atoms with Gasteiger partial charge in [-0.2, -0.15) is 0 Å². The number of carbonyl (C=O) groups excluding carboxylic acids is 1. The Bertz CT molecular complexity index is 403. The number of piperazine rings is 1. The molecule has 4 nitrogen and oxygen atoms in total. The van der Waals surface area contributed by atoms with Crippen LogP contribution in [-0.4, -0.2) is 54.6 Å². The topological polar surface area (TPSA) is 35.6 Å². The van der Waals surface area contributed by atoms with Crippen LogP contribution in [0.1, 0.15) is 52.4 Å². The second-order valence-electron chi connectivity index (χ2n) is 8.30. The van der Waals surface area contributed by atoms with E-state index in [0.717, 1.165) is 43.9 Å². The lowest BCUT2D eigenvalue weighted by atomic mass is 9.60. The number of fused-ring (bicyclic) bond motifs is 2. The summed E-state index contributed by atoms with van der Waals surface area (Å²) in [5.41, 5.74) is 0.106. The minimum absolute atomic E-state index is 0.106. The summed E-state index contributed by atoms with van der Waals surface area (Å²) in [6, 6.07) is 0.191. The Kier molecular flexibility index (Phi) is 4.67. The van der Waals surface area contributed by atoms with Gasteiger partial charge in [-0.15, -0.1) is 0 Å². The fourth-order valence-electron chi connectivity index (χ4n) is 5.05. The summed E-state index contributed by atoms with van der Waals surface area (Å²) < 4.78 is 0. The highest BCUT2D eigenvalue weighted by Crippen LogP contribution is 2.48. The molecule has 0 aromatic rings. The van der Waals surface area contributed by atoms with E-state index < -0.39 is 0 Å². The Morgan fingerprint density at radius 2 is 1.86 bits per heavy atom. The van der Waals surface area contributed by atoms with E-state index in [1.807, 2.05) is 4.90 Å². The maximum Gasteiger partial charge on any atom is 0.317 e. The molecule has 1 aliphatic heterocycles. The quantitative estimate of drug-likeness (QED) is 0.851. The van der Waals surface area contributed by atoms with Crippen molar-refractivity contribution in [3.63, 3.8) is 0 Å². The number of hydrogen-bond donors (Lipinski definition) is 1. The Balaban J connectivity index is 1.61. The zero-order valence-corrected chi connectivity index (χ0v) is 14.6. The lowest BCUT2D eigenvalue weighted by Gasteiger charge is -2.51. The standard InChI is InChI=1S/C18H33N3O/c1-14(2)16-6-8-18(7-4-5-15(16)13-18)19-17(22)21-11-9-20(3)10-12-21/h14-16H,4-13H2,1-3H3,(H,19,22). The van der Waals surface area contributed by atoms with E-state index in [-0.39, 0.29) is 11.6 Å². The molecule has 0 radical (unpaired) electrons. The molecule has 1 saturated heterocycles. The molecule has 126 valence electrons. The van der Waals surface area contributed by atoms with Gasteiger partial charge in [0.1, 0.15) is 0 Å². The third-order valence-corrected chi connectivity index (χ3v) is 6.46. The predicted octanol–water partition coefficient (Wildman–Crippen LogP) is 2.94. The van der Waals surface area contributed by atoms with Crippen LogP contribution in [0.2, 0.25) is 0 Å². The fraction of sp³-hybridized carbons (Fsp3) is 0.944. The van der Waals surface area contributed by atoms with Gasteiger partial charge in [0.05, 0.1) is 0 Å². The molecule has 2 saturated carbocycles. The van der Waals surface area contributed by atoms with E-state index >= 15 is 0 Å². The van der Waals surface area contributed by atoms with Crippen LogP contribution in [0.3, 0.4) is 0 Å². The number of hydrogen-bond acceptors (Lipinski definition) is 2. The molecule has 0 spiro atoms. The van der Waals surface area contributed by atoms with Crippen molar-refractivity contribution >= 4 is 6.03 Å². The molecule has 3 rings (SSSR count). The largest absolute Gasteiger partial charge is 0.333 e. The van der Waals surface area contributed by atoms with Crippen LogP contribution in [0.5, 0.6) is 0 Å². The second kappa shape index (κ2) is 6.38. The summed E-state index contributed by atoms with van der Waals surface area (Å²) >= 11 is 0. The second-order valence-corrected chi connectivity index (χ2v) is 8.30. The SMILES string of the molecule is CC(C)C1CCC2(NC(=O)N3CCN(C)CC3)CCCC1C2. The molecule has 3 fully saturated rings. The van der Waals surface area contributed by atoms with Crippen molar-refractivity contribution in [3.05, 3.63) is 0 Å². The van der Waals surface area contributed by atoms with Crippen molar-refractivity contribution in [2.75, 3.05) is 33.2 Å². The summed E-state index contributed by atoms with van der Waals surface area (Å²) in [5, 5.41) is 3.48. The highest BCUT2D eigenvalue weighted by atomic mass is 16.2. The molecule has 2 aliphatic carbocycles. The summed E-state index contributed by atoms with van der Waals surface area (Å²) in [6.07, 6.45) is 7.55. The van der Waals surface area contributed by atoms with Crippen molar-refractivity contribution in [1.29, 1.82) is 0 Å². The van der Waals surface area contributed by atoms with Crippen LogP contribution in [0.25, 0.3) is 0 Å². The maximum absolute atomic E-state index is 12.7. The molecule has 4 heteroatoms. The molecule has 2 amide bonds. The number of carbonyl (C=O) groups is 1. The molecule has 0 aromatic carbocycles. The Hall–Kier alpha value is -0.770. The Morgan fingerprint density at radius 3 is 2.55 bits per heavy atom. The van der Waals surface area contributed by atoms with Gasteiger partial charge in [-0.1, -0.05) is 20.3 Å². The average Bonchev–Trinajstić information content (AvgIpc) is 2.47. The summed E-state index contributed by atoms with van der Waals surface area (Å²) in [6.45, 7) is 8.48. The van der Waals surface area contributed by atoms with Crippen LogP contribution < -0.4 is 5.32 Å². The molecule has 2 bridgehead atoms. The van der Waals surface area contributed by atoms with E-state index in [1.54, 1.807) is 0 Å². The van der Waals surface area contributed by atoms with Crippen LogP contribution in [0, 0.1) is 17.8 Å². The van der Waals surface area contributed by atoms with Gasteiger partial charge >= 0.3 is 6.03 Å². The molecule has 3 aliphatic rings. The zero-order valence-electron chi connectivity index (χ0n) is 14.6. The number of rotatable bonds is 2. The summed E-state index contributed by atoms with van der Waals surface area (Å²) in [4.78, 5) is 17.0. The first-order valence-corrected chi connectivity index (χ1v) is 9.25. The molecule has 1 N–H and O–H groups in total. The van der Waals surface area contributed by atoms with Crippen LogP contribution >= 0.6 is 0 Å². The Labute approximate surface area is 135 Å². The molecule has 3 atom stereocenters. The number of amides is 2. The molecular weight excluding hydrogens is 274 g/mol. The predicted molar refractivity (Wildman–Crippen MR) is 89.9 cm³/mol. The van der Waals surface area contributed by atoms with Gasteiger partial charge in [0.15, 0.2) is 0 Å². The van der Waals surface area contributed by atoms with Crippen LogP contribution in [-0.2, 0) is 0 Å². The van der Waals surface area contributed by atoms with Gasteiger partial charge < -0.3 is 15.1 Å². The number of urea groups is 1. The van der Waals surface area contributed by atoms with Crippen molar-refractivity contribution in [3.8, 4) is 0 Å². The minimum Gasteiger partial charge on any atom is -0.333 e. The van der Waals surface area contributed by atoms with E-state index in [0.29, 0.717) is 0 Å². The normalized spacial score (nSPS) is 36.5. The van der Waals surface area contributed by atoms with Crippen molar-refractivity contribution in [1.82, 2.24) is 15.1 Å². The smallest absolute Gasteiger partial charge is 0.317 e. The average molecular weight is 307 g/mol. The molecule has 1 heterocycles. The van der Waals surface area contributed by atoms with Gasteiger partial charge in [0, 0.05) is 31.7 Å². The zero-order chi connectivity index (χ0) is 15.7. The minimum atomic E-state index is 0.106. The third kappa shape index (κ3) is 3.27. The Morgan fingerprint density at radius 1 is 1.14 bits per heavy atom. The van der Waals surface area contributed by atoms with Crippen LogP contribution in [0.15, 0.2) is 0 Å². The van der Waals surface area contributed by atoms with Gasteiger partial charge in [0.2, 0.25) is 0 Å². The first-order valence-electron chi connectivity index (χ1n) is 9.25. The van der Waals surface area contributed by atoms with E-state index in [4.69, 9.17) is 0 Å². The highest BCUT2D eigenvalue weighted by Gasteiger charge is 2.45. The van der Waals surface area contributed by atoms with Crippen molar-refractivity contribution in [2.45, 2.75) is 57.9 Å². The number of nitrogens with one attached hydrogen (secondary N) is 1. The molecular formula is C18H33N3O. The van der Waals surface area contributed by atoms with E-state index in [1.165, 1.54) is 38.5 Å². The van der Waals surface area contributed by atoms with Gasteiger partial charge in [0.25, 0.3) is 0 Å². The number of likely N-dealkylation sites (N-methyl/N-ethyl adjacent to an activating group) is 1. The third-order valence-electron chi connectivity index (χ3n) is 6.46. The van der Waals surface area contributed by atoms with Crippen LogP contribution in [0.4, 0.5) is 4.79 Å². The van der Waals surface area contributed by atoms with Gasteiger partial charge in [-0.25, -0.2) is 4.79 Å². The maximum atomic E-state index is 12.7. The monoisotopic (exact) mass is 307 g/mol. The number of nitrogens with zero attached hydrogens (tertiary/aromatic N) is 2. The molecule has 3 unspecified atom stereocenters. The lowest BCUT2D eigenvalue weighted by molar-refractivity contribution is 0.0481. The molecule has 22 heavy (non-hydrogen) atoms.